The summed E-state index contributed by atoms with van der Waals surface area (Å²) in [5, 5.41) is 8.27. The molecule has 0 unspecified atom stereocenters. The average Bonchev–Trinajstić information content (AvgIpc) is 2.85. The van der Waals surface area contributed by atoms with Gasteiger partial charge in [-0.1, -0.05) is 42.5 Å². The minimum absolute atomic E-state index is 0.000211. The van der Waals surface area contributed by atoms with Gasteiger partial charge in [0.25, 0.3) is 0 Å². The van der Waals surface area contributed by atoms with Gasteiger partial charge in [0.15, 0.2) is 11.6 Å². The molecule has 5 nitrogen and oxygen atoms in total. The van der Waals surface area contributed by atoms with E-state index in [-0.39, 0.29) is 5.78 Å². The summed E-state index contributed by atoms with van der Waals surface area (Å²) in [5.74, 6) is 1.54. The SMILES string of the molecule is Cc1nnc2n1-c1cccc(C(=O)c3ccccc3)c1COC2. The number of ether oxygens (including phenoxy) is 1. The average molecular weight is 305 g/mol. The maximum absolute atomic E-state index is 12.9. The number of ketones is 1. The molecule has 2 heterocycles. The zero-order valence-electron chi connectivity index (χ0n) is 12.7. The van der Waals surface area contributed by atoms with E-state index in [0.29, 0.717) is 24.3 Å². The molecule has 0 N–H and O–H groups in total. The molecule has 5 heteroatoms. The lowest BCUT2D eigenvalue weighted by Crippen LogP contribution is -2.09. The standard InChI is InChI=1S/C18H15N3O2/c1-12-19-20-17-11-23-10-15-14(8-5-9-16(15)21(12)17)18(22)13-6-3-2-4-7-13/h2-9H,10-11H2,1H3. The minimum Gasteiger partial charge on any atom is -0.369 e. The number of benzene rings is 2. The summed E-state index contributed by atoms with van der Waals surface area (Å²) < 4.78 is 7.67. The predicted octanol–water partition coefficient (Wildman–Crippen LogP) is 2.84. The molecule has 0 radical (unpaired) electrons. The van der Waals surface area contributed by atoms with Crippen molar-refractivity contribution in [2.45, 2.75) is 20.1 Å². The second-order valence-electron chi connectivity index (χ2n) is 5.49. The van der Waals surface area contributed by atoms with Crippen molar-refractivity contribution in [2.75, 3.05) is 0 Å². The zero-order chi connectivity index (χ0) is 15.8. The van der Waals surface area contributed by atoms with Crippen LogP contribution in [0.4, 0.5) is 0 Å². The molecule has 3 aromatic rings. The van der Waals surface area contributed by atoms with Crippen LogP contribution in [0.25, 0.3) is 5.69 Å². The van der Waals surface area contributed by atoms with E-state index in [1.807, 2.05) is 60.0 Å². The zero-order valence-corrected chi connectivity index (χ0v) is 12.7. The molecule has 0 spiro atoms. The van der Waals surface area contributed by atoms with Crippen LogP contribution in [0.3, 0.4) is 0 Å². The molecule has 0 atom stereocenters. The maximum Gasteiger partial charge on any atom is 0.193 e. The molecule has 114 valence electrons. The Kier molecular flexibility index (Phi) is 3.28. The molecular formula is C18H15N3O2. The summed E-state index contributed by atoms with van der Waals surface area (Å²) in [7, 11) is 0. The number of nitrogens with zero attached hydrogens (tertiary/aromatic N) is 3. The van der Waals surface area contributed by atoms with Gasteiger partial charge in [0.1, 0.15) is 12.4 Å². The number of hydrogen-bond acceptors (Lipinski definition) is 4. The maximum atomic E-state index is 12.9. The van der Waals surface area contributed by atoms with Crippen LogP contribution < -0.4 is 0 Å². The molecule has 4 rings (SSSR count). The van der Waals surface area contributed by atoms with Gasteiger partial charge >= 0.3 is 0 Å². The highest BCUT2D eigenvalue weighted by molar-refractivity contribution is 6.10. The Bertz CT molecular complexity index is 885. The molecule has 1 aromatic heterocycles. The lowest BCUT2D eigenvalue weighted by atomic mass is 9.97. The van der Waals surface area contributed by atoms with Crippen molar-refractivity contribution in [3.63, 3.8) is 0 Å². The summed E-state index contributed by atoms with van der Waals surface area (Å²) in [4.78, 5) is 12.9. The fourth-order valence-corrected chi connectivity index (χ4v) is 2.95. The molecular weight excluding hydrogens is 290 g/mol. The summed E-state index contributed by atoms with van der Waals surface area (Å²) in [5.41, 5.74) is 3.13. The first kappa shape index (κ1) is 13.8. The van der Waals surface area contributed by atoms with E-state index in [9.17, 15) is 4.79 Å². The van der Waals surface area contributed by atoms with Crippen LogP contribution in [0.1, 0.15) is 33.1 Å². The normalized spacial score (nSPS) is 13.1. The topological polar surface area (TPSA) is 57.0 Å². The molecule has 0 fully saturated rings. The van der Waals surface area contributed by atoms with Crippen molar-refractivity contribution in [3.05, 3.63) is 76.9 Å². The van der Waals surface area contributed by atoms with Gasteiger partial charge in [0.2, 0.25) is 0 Å². The van der Waals surface area contributed by atoms with E-state index in [1.54, 1.807) is 0 Å². The number of carbonyl (C=O) groups is 1. The molecule has 0 amide bonds. The van der Waals surface area contributed by atoms with E-state index in [4.69, 9.17) is 4.74 Å². The first-order valence-electron chi connectivity index (χ1n) is 7.46. The number of rotatable bonds is 2. The Morgan fingerprint density at radius 1 is 1.04 bits per heavy atom. The third kappa shape index (κ3) is 2.26. The second kappa shape index (κ2) is 5.44. The van der Waals surface area contributed by atoms with E-state index in [0.717, 1.165) is 22.9 Å². The van der Waals surface area contributed by atoms with Gasteiger partial charge in [0, 0.05) is 16.7 Å². The van der Waals surface area contributed by atoms with Crippen molar-refractivity contribution < 1.29 is 9.53 Å². The van der Waals surface area contributed by atoms with Gasteiger partial charge in [0.05, 0.1) is 12.3 Å². The summed E-state index contributed by atoms with van der Waals surface area (Å²) in [6.45, 7) is 2.67. The predicted molar refractivity (Wildman–Crippen MR) is 84.5 cm³/mol. The first-order valence-corrected chi connectivity index (χ1v) is 7.46. The van der Waals surface area contributed by atoms with Crippen LogP contribution in [0.15, 0.2) is 48.5 Å². The van der Waals surface area contributed by atoms with Crippen LogP contribution >= 0.6 is 0 Å². The van der Waals surface area contributed by atoms with Gasteiger partial charge < -0.3 is 4.74 Å². The minimum atomic E-state index is 0.000211. The van der Waals surface area contributed by atoms with Crippen LogP contribution in [0.2, 0.25) is 0 Å². The molecule has 1 aliphatic rings. The van der Waals surface area contributed by atoms with E-state index < -0.39 is 0 Å². The van der Waals surface area contributed by atoms with Crippen molar-refractivity contribution in [2.24, 2.45) is 0 Å². The molecule has 23 heavy (non-hydrogen) atoms. The Morgan fingerprint density at radius 2 is 1.87 bits per heavy atom. The third-order valence-corrected chi connectivity index (χ3v) is 4.04. The number of carbonyl (C=O) groups excluding carboxylic acids is 1. The number of hydrogen-bond donors (Lipinski definition) is 0. The lowest BCUT2D eigenvalue weighted by Gasteiger charge is -2.13. The van der Waals surface area contributed by atoms with Crippen molar-refractivity contribution in [1.82, 2.24) is 14.8 Å². The Labute approximate surface area is 133 Å². The van der Waals surface area contributed by atoms with Crippen molar-refractivity contribution in [1.29, 1.82) is 0 Å². The van der Waals surface area contributed by atoms with Gasteiger partial charge in [-0.3, -0.25) is 9.36 Å². The van der Waals surface area contributed by atoms with Gasteiger partial charge in [-0.15, -0.1) is 10.2 Å². The summed E-state index contributed by atoms with van der Waals surface area (Å²) >= 11 is 0. The summed E-state index contributed by atoms with van der Waals surface area (Å²) in [6.07, 6.45) is 0. The highest BCUT2D eigenvalue weighted by atomic mass is 16.5. The Morgan fingerprint density at radius 3 is 2.70 bits per heavy atom. The molecule has 0 saturated carbocycles. The van der Waals surface area contributed by atoms with Gasteiger partial charge in [-0.2, -0.15) is 0 Å². The van der Waals surface area contributed by atoms with Gasteiger partial charge in [-0.25, -0.2) is 0 Å². The smallest absolute Gasteiger partial charge is 0.193 e. The fourth-order valence-electron chi connectivity index (χ4n) is 2.95. The van der Waals surface area contributed by atoms with Crippen LogP contribution in [0.5, 0.6) is 0 Å². The second-order valence-corrected chi connectivity index (χ2v) is 5.49. The molecule has 0 aliphatic carbocycles. The van der Waals surface area contributed by atoms with Crippen LogP contribution in [-0.2, 0) is 18.0 Å². The van der Waals surface area contributed by atoms with Crippen molar-refractivity contribution in [3.8, 4) is 5.69 Å². The highest BCUT2D eigenvalue weighted by Crippen LogP contribution is 2.27. The highest BCUT2D eigenvalue weighted by Gasteiger charge is 2.23. The number of aromatic nitrogens is 3. The Balaban J connectivity index is 1.90. The van der Waals surface area contributed by atoms with E-state index in [2.05, 4.69) is 10.2 Å². The summed E-state index contributed by atoms with van der Waals surface area (Å²) in [6, 6.07) is 15.0. The number of aryl methyl sites for hydroxylation is 1. The first-order chi connectivity index (χ1) is 11.3. The van der Waals surface area contributed by atoms with Crippen LogP contribution in [-0.4, -0.2) is 20.5 Å². The lowest BCUT2D eigenvalue weighted by molar-refractivity contribution is 0.0986. The molecule has 0 bridgehead atoms. The fraction of sp³-hybridized carbons (Fsp3) is 0.167. The van der Waals surface area contributed by atoms with Crippen LogP contribution in [0, 0.1) is 6.92 Å². The third-order valence-electron chi connectivity index (χ3n) is 4.04. The van der Waals surface area contributed by atoms with Crippen molar-refractivity contribution >= 4 is 5.78 Å². The Hall–Kier alpha value is -2.79. The van der Waals surface area contributed by atoms with E-state index in [1.165, 1.54) is 0 Å². The quantitative estimate of drug-likeness (QED) is 0.683. The van der Waals surface area contributed by atoms with Gasteiger partial charge in [-0.05, 0) is 13.0 Å². The van der Waals surface area contributed by atoms with E-state index >= 15 is 0 Å². The number of fused-ring (bicyclic) bond motifs is 3. The molecule has 0 saturated heterocycles. The molecule has 2 aromatic carbocycles. The monoisotopic (exact) mass is 305 g/mol. The largest absolute Gasteiger partial charge is 0.369 e. The molecule has 1 aliphatic heterocycles.